The van der Waals surface area contributed by atoms with Crippen LogP contribution in [-0.2, 0) is 0 Å². The van der Waals surface area contributed by atoms with E-state index in [2.05, 4.69) is 4.98 Å². The fraction of sp³-hybridized carbons (Fsp3) is 0.182. The number of aryl methyl sites for hydroxylation is 1. The third-order valence-electron chi connectivity index (χ3n) is 2.20. The molecule has 3 nitrogen and oxygen atoms in total. The van der Waals surface area contributed by atoms with Crippen LogP contribution in [-0.4, -0.2) is 17.2 Å². The molecule has 0 saturated heterocycles. The molecule has 0 atom stereocenters. The fourth-order valence-corrected chi connectivity index (χ4v) is 1.51. The number of pyridine rings is 1. The molecule has 1 aromatic carbocycles. The van der Waals surface area contributed by atoms with Crippen LogP contribution >= 0.6 is 0 Å². The molecule has 72 valence electrons. The Kier molecular flexibility index (Phi) is 2.00. The molecule has 3 heteroatoms. The summed E-state index contributed by atoms with van der Waals surface area (Å²) in [5, 5.41) is 10.2. The number of hydrogen-bond donors (Lipinski definition) is 1. The Morgan fingerprint density at radius 3 is 2.64 bits per heavy atom. The Balaban J connectivity index is 2.84. The van der Waals surface area contributed by atoms with Crippen LogP contribution < -0.4 is 4.74 Å². The van der Waals surface area contributed by atoms with Crippen molar-refractivity contribution in [1.82, 2.24) is 4.98 Å². The monoisotopic (exact) mass is 189 g/mol. The second kappa shape index (κ2) is 3.18. The summed E-state index contributed by atoms with van der Waals surface area (Å²) in [6.07, 6.45) is 0. The maximum absolute atomic E-state index is 9.27. The maximum Gasteiger partial charge on any atom is 0.211 e. The van der Waals surface area contributed by atoms with E-state index < -0.39 is 0 Å². The van der Waals surface area contributed by atoms with Crippen molar-refractivity contribution in [3.8, 4) is 11.6 Å². The van der Waals surface area contributed by atoms with E-state index in [1.807, 2.05) is 25.1 Å². The van der Waals surface area contributed by atoms with Gasteiger partial charge in [0, 0.05) is 11.5 Å². The SMILES string of the molecule is COc1c(C)ccc2ccc(O)nc12. The van der Waals surface area contributed by atoms with Gasteiger partial charge in [-0.15, -0.1) is 0 Å². The summed E-state index contributed by atoms with van der Waals surface area (Å²) in [6, 6.07) is 7.32. The Bertz CT molecular complexity index is 475. The van der Waals surface area contributed by atoms with Gasteiger partial charge in [-0.25, -0.2) is 4.98 Å². The summed E-state index contributed by atoms with van der Waals surface area (Å²) in [6.45, 7) is 1.95. The number of benzene rings is 1. The molecule has 2 aromatic rings. The van der Waals surface area contributed by atoms with Crippen LogP contribution in [0, 0.1) is 6.92 Å². The standard InChI is InChI=1S/C11H11NO2/c1-7-3-4-8-5-6-9(13)12-10(8)11(7)14-2/h3-6H,1-2H3,(H,12,13). The largest absolute Gasteiger partial charge is 0.494 e. The highest BCUT2D eigenvalue weighted by atomic mass is 16.5. The molecular weight excluding hydrogens is 178 g/mol. The van der Waals surface area contributed by atoms with Gasteiger partial charge in [0.05, 0.1) is 7.11 Å². The lowest BCUT2D eigenvalue weighted by Gasteiger charge is -2.07. The number of ether oxygens (including phenoxy) is 1. The highest BCUT2D eigenvalue weighted by Gasteiger charge is 2.06. The van der Waals surface area contributed by atoms with Crippen molar-refractivity contribution < 1.29 is 9.84 Å². The van der Waals surface area contributed by atoms with Gasteiger partial charge in [0.1, 0.15) is 11.3 Å². The lowest BCUT2D eigenvalue weighted by molar-refractivity contribution is 0.414. The molecule has 0 amide bonds. The van der Waals surface area contributed by atoms with Crippen molar-refractivity contribution in [2.75, 3.05) is 7.11 Å². The van der Waals surface area contributed by atoms with Crippen molar-refractivity contribution in [1.29, 1.82) is 0 Å². The molecule has 0 aliphatic rings. The fourth-order valence-electron chi connectivity index (χ4n) is 1.51. The van der Waals surface area contributed by atoms with Crippen LogP contribution in [0.15, 0.2) is 24.3 Å². The predicted octanol–water partition coefficient (Wildman–Crippen LogP) is 2.26. The first-order chi connectivity index (χ1) is 6.72. The van der Waals surface area contributed by atoms with Gasteiger partial charge in [0.25, 0.3) is 0 Å². The van der Waals surface area contributed by atoms with E-state index in [1.165, 1.54) is 0 Å². The predicted molar refractivity (Wildman–Crippen MR) is 54.7 cm³/mol. The molecule has 0 aliphatic heterocycles. The molecule has 2 rings (SSSR count). The number of hydrogen-bond acceptors (Lipinski definition) is 3. The molecule has 0 aliphatic carbocycles. The second-order valence-corrected chi connectivity index (χ2v) is 3.16. The van der Waals surface area contributed by atoms with Crippen molar-refractivity contribution in [2.45, 2.75) is 6.92 Å². The highest BCUT2D eigenvalue weighted by Crippen LogP contribution is 2.28. The zero-order chi connectivity index (χ0) is 10.1. The summed E-state index contributed by atoms with van der Waals surface area (Å²) < 4.78 is 5.24. The van der Waals surface area contributed by atoms with Crippen molar-refractivity contribution >= 4 is 10.9 Å². The van der Waals surface area contributed by atoms with E-state index in [9.17, 15) is 5.11 Å². The van der Waals surface area contributed by atoms with E-state index >= 15 is 0 Å². The van der Waals surface area contributed by atoms with Gasteiger partial charge < -0.3 is 9.84 Å². The van der Waals surface area contributed by atoms with Gasteiger partial charge in [-0.1, -0.05) is 12.1 Å². The summed E-state index contributed by atoms with van der Waals surface area (Å²) >= 11 is 0. The first-order valence-corrected chi connectivity index (χ1v) is 4.35. The average molecular weight is 189 g/mol. The van der Waals surface area contributed by atoms with Crippen LogP contribution in [0.5, 0.6) is 11.6 Å². The molecule has 0 bridgehead atoms. The molecule has 0 unspecified atom stereocenters. The lowest BCUT2D eigenvalue weighted by Crippen LogP contribution is -1.90. The summed E-state index contributed by atoms with van der Waals surface area (Å²) in [7, 11) is 1.60. The number of fused-ring (bicyclic) bond motifs is 1. The molecule has 1 N–H and O–H groups in total. The molecule has 1 aromatic heterocycles. The van der Waals surface area contributed by atoms with Gasteiger partial charge in [-0.3, -0.25) is 0 Å². The third kappa shape index (κ3) is 1.27. The Hall–Kier alpha value is -1.77. The number of nitrogens with zero attached hydrogens (tertiary/aromatic N) is 1. The number of methoxy groups -OCH3 is 1. The van der Waals surface area contributed by atoms with Gasteiger partial charge in [0.15, 0.2) is 0 Å². The molecule has 0 fully saturated rings. The Morgan fingerprint density at radius 1 is 1.21 bits per heavy atom. The summed E-state index contributed by atoms with van der Waals surface area (Å²) in [4.78, 5) is 4.04. The van der Waals surface area contributed by atoms with E-state index in [-0.39, 0.29) is 5.88 Å². The quantitative estimate of drug-likeness (QED) is 0.748. The van der Waals surface area contributed by atoms with Gasteiger partial charge in [-0.2, -0.15) is 0 Å². The molecule has 0 saturated carbocycles. The van der Waals surface area contributed by atoms with E-state index in [1.54, 1.807) is 13.2 Å². The van der Waals surface area contributed by atoms with E-state index in [0.717, 1.165) is 16.7 Å². The van der Waals surface area contributed by atoms with Crippen molar-refractivity contribution in [3.05, 3.63) is 29.8 Å². The summed E-state index contributed by atoms with van der Waals surface area (Å²) in [5.74, 6) is 0.736. The normalized spacial score (nSPS) is 10.4. The average Bonchev–Trinajstić information content (AvgIpc) is 2.17. The summed E-state index contributed by atoms with van der Waals surface area (Å²) in [5.41, 5.74) is 1.71. The van der Waals surface area contributed by atoms with Gasteiger partial charge in [-0.05, 0) is 18.6 Å². The van der Waals surface area contributed by atoms with Crippen LogP contribution in [0.3, 0.4) is 0 Å². The van der Waals surface area contributed by atoms with Crippen LogP contribution in [0.4, 0.5) is 0 Å². The topological polar surface area (TPSA) is 42.4 Å². The number of aromatic nitrogens is 1. The van der Waals surface area contributed by atoms with Crippen LogP contribution in [0.1, 0.15) is 5.56 Å². The first-order valence-electron chi connectivity index (χ1n) is 4.35. The van der Waals surface area contributed by atoms with E-state index in [0.29, 0.717) is 5.52 Å². The lowest BCUT2D eigenvalue weighted by atomic mass is 10.1. The molecule has 0 spiro atoms. The first kappa shape index (κ1) is 8.81. The molecular formula is C11H11NO2. The minimum absolute atomic E-state index is 0.0152. The minimum atomic E-state index is 0.0152. The zero-order valence-corrected chi connectivity index (χ0v) is 8.11. The Labute approximate surface area is 82.0 Å². The van der Waals surface area contributed by atoms with Gasteiger partial charge in [0.2, 0.25) is 5.88 Å². The maximum atomic E-state index is 9.27. The zero-order valence-electron chi connectivity index (χ0n) is 8.11. The Morgan fingerprint density at radius 2 is 1.93 bits per heavy atom. The number of aromatic hydroxyl groups is 1. The highest BCUT2D eigenvalue weighted by molar-refractivity contribution is 5.86. The number of rotatable bonds is 1. The minimum Gasteiger partial charge on any atom is -0.494 e. The van der Waals surface area contributed by atoms with Crippen molar-refractivity contribution in [2.24, 2.45) is 0 Å². The van der Waals surface area contributed by atoms with Gasteiger partial charge >= 0.3 is 0 Å². The smallest absolute Gasteiger partial charge is 0.211 e. The molecule has 0 radical (unpaired) electrons. The van der Waals surface area contributed by atoms with Crippen molar-refractivity contribution in [3.63, 3.8) is 0 Å². The van der Waals surface area contributed by atoms with Crippen LogP contribution in [0.2, 0.25) is 0 Å². The third-order valence-corrected chi connectivity index (χ3v) is 2.20. The van der Waals surface area contributed by atoms with Crippen LogP contribution in [0.25, 0.3) is 10.9 Å². The molecule has 14 heavy (non-hydrogen) atoms. The molecule has 1 heterocycles. The van der Waals surface area contributed by atoms with E-state index in [4.69, 9.17) is 4.74 Å². The second-order valence-electron chi connectivity index (χ2n) is 3.16.